The molecule has 4 heteroatoms. The van der Waals surface area contributed by atoms with Gasteiger partial charge in [-0.15, -0.1) is 0 Å². The Morgan fingerprint density at radius 1 is 1.24 bits per heavy atom. The highest BCUT2D eigenvalue weighted by Crippen LogP contribution is 2.19. The number of hydrogen-bond acceptors (Lipinski definition) is 2. The van der Waals surface area contributed by atoms with Gasteiger partial charge in [0.1, 0.15) is 0 Å². The van der Waals surface area contributed by atoms with Gasteiger partial charge in [0.15, 0.2) is 0 Å². The lowest BCUT2D eigenvalue weighted by Crippen LogP contribution is -2.46. The number of nitrogens with zero attached hydrogens (tertiary/aromatic N) is 2. The number of amides is 2. The van der Waals surface area contributed by atoms with Gasteiger partial charge in [-0.05, 0) is 56.6 Å². The maximum Gasteiger partial charge on any atom is 0.321 e. The van der Waals surface area contributed by atoms with Gasteiger partial charge in [0.05, 0.1) is 0 Å². The monoisotopic (exact) mass is 289 g/mol. The van der Waals surface area contributed by atoms with Crippen molar-refractivity contribution < 1.29 is 4.79 Å². The van der Waals surface area contributed by atoms with E-state index in [0.717, 1.165) is 31.6 Å². The number of piperidine rings is 1. The minimum absolute atomic E-state index is 0.0122. The van der Waals surface area contributed by atoms with Crippen molar-refractivity contribution in [3.63, 3.8) is 0 Å². The lowest BCUT2D eigenvalue weighted by Gasteiger charge is -2.35. The number of nitrogens with one attached hydrogen (secondary N) is 1. The summed E-state index contributed by atoms with van der Waals surface area (Å²) >= 11 is 0. The van der Waals surface area contributed by atoms with Gasteiger partial charge >= 0.3 is 6.03 Å². The third-order valence-electron chi connectivity index (χ3n) is 4.38. The van der Waals surface area contributed by atoms with E-state index in [1.165, 1.54) is 5.56 Å². The topological polar surface area (TPSA) is 35.6 Å². The summed E-state index contributed by atoms with van der Waals surface area (Å²) in [6.45, 7) is 6.46. The van der Waals surface area contributed by atoms with Gasteiger partial charge in [0.25, 0.3) is 0 Å². The molecule has 0 aromatic heterocycles. The van der Waals surface area contributed by atoms with Crippen molar-refractivity contribution in [1.82, 2.24) is 9.80 Å². The molecule has 1 aromatic rings. The van der Waals surface area contributed by atoms with Crippen molar-refractivity contribution >= 4 is 11.7 Å². The molecule has 1 aliphatic heterocycles. The summed E-state index contributed by atoms with van der Waals surface area (Å²) < 4.78 is 0. The van der Waals surface area contributed by atoms with E-state index in [2.05, 4.69) is 43.2 Å². The summed E-state index contributed by atoms with van der Waals surface area (Å²) in [6, 6.07) is 8.45. The second-order valence-electron chi connectivity index (χ2n) is 6.35. The van der Waals surface area contributed by atoms with Gasteiger partial charge in [-0.25, -0.2) is 4.79 Å². The fourth-order valence-electron chi connectivity index (χ4n) is 2.71. The number of carbonyl (C=O) groups excluding carboxylic acids is 1. The smallest absolute Gasteiger partial charge is 0.321 e. The first-order valence-electron chi connectivity index (χ1n) is 7.79. The van der Waals surface area contributed by atoms with Crippen LogP contribution in [-0.2, 0) is 0 Å². The first-order valence-corrected chi connectivity index (χ1v) is 7.79. The molecule has 116 valence electrons. The average molecular weight is 289 g/mol. The second kappa shape index (κ2) is 6.94. The Morgan fingerprint density at radius 2 is 1.81 bits per heavy atom. The van der Waals surface area contributed by atoms with Crippen LogP contribution in [0.5, 0.6) is 0 Å². The molecule has 0 aliphatic carbocycles. The van der Waals surface area contributed by atoms with Crippen molar-refractivity contribution in [3.05, 3.63) is 29.8 Å². The standard InChI is InChI=1S/C17H27N3O/c1-13(2)14-5-7-15(8-6-14)18-17(21)20(4)16-9-11-19(3)12-10-16/h5-8,13,16H,9-12H2,1-4H3,(H,18,21). The molecule has 0 unspecified atom stereocenters. The van der Waals surface area contributed by atoms with E-state index in [4.69, 9.17) is 0 Å². The number of benzene rings is 1. The lowest BCUT2D eigenvalue weighted by atomic mass is 10.0. The summed E-state index contributed by atoms with van der Waals surface area (Å²) in [7, 11) is 4.03. The van der Waals surface area contributed by atoms with E-state index in [9.17, 15) is 4.79 Å². The zero-order chi connectivity index (χ0) is 15.4. The van der Waals surface area contributed by atoms with Gasteiger partial charge < -0.3 is 15.1 Å². The van der Waals surface area contributed by atoms with Gasteiger partial charge in [-0.1, -0.05) is 26.0 Å². The molecule has 1 fully saturated rings. The molecule has 4 nitrogen and oxygen atoms in total. The molecule has 1 N–H and O–H groups in total. The number of hydrogen-bond donors (Lipinski definition) is 1. The van der Waals surface area contributed by atoms with Crippen molar-refractivity contribution in [1.29, 1.82) is 0 Å². The molecule has 0 radical (unpaired) electrons. The van der Waals surface area contributed by atoms with Gasteiger partial charge in [-0.3, -0.25) is 0 Å². The highest BCUT2D eigenvalue weighted by Gasteiger charge is 2.23. The van der Waals surface area contributed by atoms with E-state index in [1.54, 1.807) is 0 Å². The van der Waals surface area contributed by atoms with Crippen molar-refractivity contribution in [3.8, 4) is 0 Å². The largest absolute Gasteiger partial charge is 0.325 e. The zero-order valence-corrected chi connectivity index (χ0v) is 13.6. The van der Waals surface area contributed by atoms with Crippen LogP contribution in [0.15, 0.2) is 24.3 Å². The van der Waals surface area contributed by atoms with E-state index in [1.807, 2.05) is 24.1 Å². The van der Waals surface area contributed by atoms with Crippen molar-refractivity contribution in [2.75, 3.05) is 32.5 Å². The van der Waals surface area contributed by atoms with Crippen LogP contribution >= 0.6 is 0 Å². The quantitative estimate of drug-likeness (QED) is 0.926. The maximum absolute atomic E-state index is 12.3. The first kappa shape index (κ1) is 15.8. The summed E-state index contributed by atoms with van der Waals surface area (Å²) in [5.74, 6) is 0.511. The van der Waals surface area contributed by atoms with Crippen LogP contribution in [0.2, 0.25) is 0 Å². The third kappa shape index (κ3) is 4.21. The first-order chi connectivity index (χ1) is 9.97. The van der Waals surface area contributed by atoms with Gasteiger partial charge in [0, 0.05) is 18.8 Å². The SMILES string of the molecule is CC(C)c1ccc(NC(=O)N(C)C2CCN(C)CC2)cc1. The number of urea groups is 1. The molecule has 21 heavy (non-hydrogen) atoms. The molecular weight excluding hydrogens is 262 g/mol. The predicted molar refractivity (Wildman–Crippen MR) is 87.8 cm³/mol. The molecule has 0 saturated carbocycles. The van der Waals surface area contributed by atoms with Gasteiger partial charge in [0.2, 0.25) is 0 Å². The number of carbonyl (C=O) groups is 1. The van der Waals surface area contributed by atoms with Crippen molar-refractivity contribution in [2.24, 2.45) is 0 Å². The summed E-state index contributed by atoms with van der Waals surface area (Å²) in [5, 5.41) is 2.99. The van der Waals surface area contributed by atoms with Crippen LogP contribution in [0.4, 0.5) is 10.5 Å². The molecule has 2 rings (SSSR count). The van der Waals surface area contributed by atoms with Crippen LogP contribution in [0.1, 0.15) is 38.2 Å². The molecule has 0 spiro atoms. The zero-order valence-electron chi connectivity index (χ0n) is 13.6. The van der Waals surface area contributed by atoms with Crippen LogP contribution < -0.4 is 5.32 Å². The normalized spacial score (nSPS) is 17.0. The minimum Gasteiger partial charge on any atom is -0.325 e. The van der Waals surface area contributed by atoms with Crippen LogP contribution in [0.3, 0.4) is 0 Å². The fourth-order valence-corrected chi connectivity index (χ4v) is 2.71. The molecule has 1 aromatic carbocycles. The molecule has 0 bridgehead atoms. The molecule has 1 heterocycles. The number of anilines is 1. The van der Waals surface area contributed by atoms with Gasteiger partial charge in [-0.2, -0.15) is 0 Å². The molecule has 0 atom stereocenters. The fraction of sp³-hybridized carbons (Fsp3) is 0.588. The Hall–Kier alpha value is -1.55. The maximum atomic E-state index is 12.3. The van der Waals surface area contributed by atoms with Crippen LogP contribution in [0, 0.1) is 0 Å². The second-order valence-corrected chi connectivity index (χ2v) is 6.35. The molecular formula is C17H27N3O. The Morgan fingerprint density at radius 3 is 2.33 bits per heavy atom. The molecule has 1 aliphatic rings. The summed E-state index contributed by atoms with van der Waals surface area (Å²) in [5.41, 5.74) is 2.15. The Kier molecular flexibility index (Phi) is 5.23. The van der Waals surface area contributed by atoms with Crippen LogP contribution in [-0.4, -0.2) is 49.1 Å². The minimum atomic E-state index is -0.0122. The van der Waals surface area contributed by atoms with Crippen molar-refractivity contribution in [2.45, 2.75) is 38.6 Å². The average Bonchev–Trinajstić information content (AvgIpc) is 2.47. The Balaban J connectivity index is 1.91. The lowest BCUT2D eigenvalue weighted by molar-refractivity contribution is 0.156. The predicted octanol–water partition coefficient (Wildman–Crippen LogP) is 3.37. The number of likely N-dealkylation sites (tertiary alicyclic amines) is 1. The molecule has 2 amide bonds. The molecule has 1 saturated heterocycles. The number of rotatable bonds is 3. The van der Waals surface area contributed by atoms with E-state index in [0.29, 0.717) is 12.0 Å². The van der Waals surface area contributed by atoms with E-state index >= 15 is 0 Å². The summed E-state index contributed by atoms with van der Waals surface area (Å²) in [4.78, 5) is 16.5. The third-order valence-corrected chi connectivity index (χ3v) is 4.38. The summed E-state index contributed by atoms with van der Waals surface area (Å²) in [6.07, 6.45) is 2.10. The van der Waals surface area contributed by atoms with E-state index < -0.39 is 0 Å². The Labute approximate surface area is 128 Å². The van der Waals surface area contributed by atoms with Crippen LogP contribution in [0.25, 0.3) is 0 Å². The van der Waals surface area contributed by atoms with E-state index in [-0.39, 0.29) is 6.03 Å². The highest BCUT2D eigenvalue weighted by atomic mass is 16.2. The highest BCUT2D eigenvalue weighted by molar-refractivity contribution is 5.89. The Bertz CT molecular complexity index is 461.